The van der Waals surface area contributed by atoms with Crippen molar-refractivity contribution >= 4 is 72.2 Å². The number of hydrogen-bond donors (Lipinski definition) is 3. The van der Waals surface area contributed by atoms with Crippen LogP contribution in [0.1, 0.15) is 5.56 Å². The first-order chi connectivity index (χ1) is 14.5. The molecular formula is C20H15BrCl2FN3O3S. The van der Waals surface area contributed by atoms with Crippen LogP contribution in [-0.4, -0.2) is 14.4 Å². The summed E-state index contributed by atoms with van der Waals surface area (Å²) in [6.07, 6.45) is 0. The average molecular weight is 547 g/mol. The van der Waals surface area contributed by atoms with Crippen molar-refractivity contribution in [3.63, 3.8) is 0 Å². The lowest BCUT2D eigenvalue weighted by atomic mass is 10.2. The summed E-state index contributed by atoms with van der Waals surface area (Å²) in [6, 6.07) is 12.2. The molecule has 0 aliphatic heterocycles. The van der Waals surface area contributed by atoms with E-state index in [4.69, 9.17) is 23.2 Å². The van der Waals surface area contributed by atoms with Gasteiger partial charge in [0.15, 0.2) is 0 Å². The maximum Gasteiger partial charge on any atom is 0.323 e. The third-order valence-electron chi connectivity index (χ3n) is 4.08. The van der Waals surface area contributed by atoms with Gasteiger partial charge in [-0.15, -0.1) is 0 Å². The maximum absolute atomic E-state index is 13.4. The Morgan fingerprint density at radius 2 is 1.61 bits per heavy atom. The SMILES string of the molecule is Cc1ccc(NC(=O)Nc2c(Cl)cc(F)cc2Br)cc1S(=O)(=O)Nc1ccc(Cl)cc1. The van der Waals surface area contributed by atoms with Crippen molar-refractivity contribution in [1.82, 2.24) is 0 Å². The molecule has 0 radical (unpaired) electrons. The molecule has 2 amide bonds. The topological polar surface area (TPSA) is 87.3 Å². The number of nitrogens with one attached hydrogen (secondary N) is 3. The lowest BCUT2D eigenvalue weighted by molar-refractivity contribution is 0.262. The van der Waals surface area contributed by atoms with Crippen molar-refractivity contribution in [1.29, 1.82) is 0 Å². The van der Waals surface area contributed by atoms with Crippen molar-refractivity contribution in [2.24, 2.45) is 0 Å². The number of carbonyl (C=O) groups excluding carboxylic acids is 1. The highest BCUT2D eigenvalue weighted by Crippen LogP contribution is 2.32. The lowest BCUT2D eigenvalue weighted by Gasteiger charge is -2.14. The van der Waals surface area contributed by atoms with Crippen molar-refractivity contribution in [3.05, 3.63) is 80.5 Å². The van der Waals surface area contributed by atoms with E-state index in [2.05, 4.69) is 31.3 Å². The smallest absolute Gasteiger partial charge is 0.308 e. The van der Waals surface area contributed by atoms with Gasteiger partial charge >= 0.3 is 6.03 Å². The standard InChI is InChI=1S/C20H15BrCl2FN3O3S/c1-11-2-5-15(25-20(28)26-19-16(21)8-13(24)9-17(19)23)10-18(11)31(29,30)27-14-6-3-12(22)4-7-14/h2-10,27H,1H3,(H2,25,26,28). The number of aryl methyl sites for hydroxylation is 1. The van der Waals surface area contributed by atoms with E-state index in [1.54, 1.807) is 31.2 Å². The molecule has 162 valence electrons. The number of sulfonamides is 1. The Labute approximate surface area is 196 Å². The maximum atomic E-state index is 13.4. The minimum absolute atomic E-state index is 0.00126. The van der Waals surface area contributed by atoms with Gasteiger partial charge in [-0.3, -0.25) is 4.72 Å². The fourth-order valence-corrected chi connectivity index (χ4v) is 4.99. The predicted octanol–water partition coefficient (Wildman–Crippen LogP) is 6.65. The highest BCUT2D eigenvalue weighted by atomic mass is 79.9. The van der Waals surface area contributed by atoms with E-state index in [1.807, 2.05) is 0 Å². The Balaban J connectivity index is 1.80. The zero-order valence-electron chi connectivity index (χ0n) is 15.8. The second kappa shape index (κ2) is 9.44. The monoisotopic (exact) mass is 545 g/mol. The Morgan fingerprint density at radius 1 is 0.968 bits per heavy atom. The van der Waals surface area contributed by atoms with E-state index in [-0.39, 0.29) is 25.8 Å². The van der Waals surface area contributed by atoms with E-state index in [0.29, 0.717) is 16.3 Å². The molecule has 0 aromatic heterocycles. The van der Waals surface area contributed by atoms with E-state index in [1.165, 1.54) is 18.2 Å². The summed E-state index contributed by atoms with van der Waals surface area (Å²) >= 11 is 14.9. The van der Waals surface area contributed by atoms with E-state index >= 15 is 0 Å². The third-order valence-corrected chi connectivity index (χ3v) is 6.78. The Hall–Kier alpha value is -2.33. The zero-order chi connectivity index (χ0) is 22.8. The van der Waals surface area contributed by atoms with E-state index in [9.17, 15) is 17.6 Å². The molecule has 3 N–H and O–H groups in total. The molecule has 0 fully saturated rings. The molecule has 0 atom stereocenters. The lowest BCUT2D eigenvalue weighted by Crippen LogP contribution is -2.21. The van der Waals surface area contributed by atoms with Gasteiger partial charge in [0.25, 0.3) is 10.0 Å². The van der Waals surface area contributed by atoms with Crippen LogP contribution in [-0.2, 0) is 10.0 Å². The molecular weight excluding hydrogens is 532 g/mol. The summed E-state index contributed by atoms with van der Waals surface area (Å²) in [5.41, 5.74) is 1.23. The molecule has 0 unspecified atom stereocenters. The van der Waals surface area contributed by atoms with Gasteiger partial charge in [-0.05, 0) is 76.9 Å². The highest BCUT2D eigenvalue weighted by molar-refractivity contribution is 9.10. The molecule has 6 nitrogen and oxygen atoms in total. The Bertz CT molecular complexity index is 1230. The van der Waals surface area contributed by atoms with Crippen molar-refractivity contribution < 1.29 is 17.6 Å². The summed E-state index contributed by atoms with van der Waals surface area (Å²) in [6.45, 7) is 1.63. The van der Waals surface area contributed by atoms with Gasteiger partial charge in [-0.1, -0.05) is 29.3 Å². The van der Waals surface area contributed by atoms with Crippen molar-refractivity contribution in [3.8, 4) is 0 Å². The number of benzene rings is 3. The number of halogens is 4. The van der Waals surface area contributed by atoms with Crippen LogP contribution < -0.4 is 15.4 Å². The number of anilines is 3. The molecule has 3 aromatic rings. The molecule has 3 aromatic carbocycles. The molecule has 0 spiro atoms. The molecule has 0 bridgehead atoms. The number of urea groups is 1. The van der Waals surface area contributed by atoms with Gasteiger partial charge < -0.3 is 10.6 Å². The van der Waals surface area contributed by atoms with Crippen LogP contribution in [0.2, 0.25) is 10.0 Å². The molecule has 31 heavy (non-hydrogen) atoms. The zero-order valence-corrected chi connectivity index (χ0v) is 19.8. The fraction of sp³-hybridized carbons (Fsp3) is 0.0500. The van der Waals surface area contributed by atoms with Gasteiger partial charge in [0.1, 0.15) is 5.82 Å². The minimum Gasteiger partial charge on any atom is -0.308 e. The van der Waals surface area contributed by atoms with Crippen molar-refractivity contribution in [2.45, 2.75) is 11.8 Å². The molecule has 0 aliphatic rings. The van der Waals surface area contributed by atoms with Gasteiger partial charge in [0, 0.05) is 20.9 Å². The van der Waals surface area contributed by atoms with Crippen LogP contribution >= 0.6 is 39.1 Å². The predicted molar refractivity (Wildman–Crippen MR) is 125 cm³/mol. The molecule has 0 saturated heterocycles. The first-order valence-corrected chi connectivity index (χ1v) is 11.7. The third kappa shape index (κ3) is 5.88. The summed E-state index contributed by atoms with van der Waals surface area (Å²) in [7, 11) is -3.93. The van der Waals surface area contributed by atoms with Crippen molar-refractivity contribution in [2.75, 3.05) is 15.4 Å². The Morgan fingerprint density at radius 3 is 2.26 bits per heavy atom. The number of carbonyl (C=O) groups is 1. The molecule has 11 heteroatoms. The summed E-state index contributed by atoms with van der Waals surface area (Å²) < 4.78 is 41.7. The molecule has 0 heterocycles. The number of rotatable bonds is 5. The summed E-state index contributed by atoms with van der Waals surface area (Å²) in [4.78, 5) is 12.4. The van der Waals surface area contributed by atoms with Crippen LogP contribution in [0.15, 0.2) is 64.0 Å². The van der Waals surface area contributed by atoms with Gasteiger partial charge in [0.05, 0.1) is 15.6 Å². The Kier molecular flexibility index (Phi) is 7.10. The average Bonchev–Trinajstić information content (AvgIpc) is 2.68. The minimum atomic E-state index is -3.93. The van der Waals surface area contributed by atoms with Crippen LogP contribution in [0.5, 0.6) is 0 Å². The number of amides is 2. The normalized spacial score (nSPS) is 11.1. The highest BCUT2D eigenvalue weighted by Gasteiger charge is 2.19. The van der Waals surface area contributed by atoms with Gasteiger partial charge in [0.2, 0.25) is 0 Å². The molecule has 3 rings (SSSR count). The number of hydrogen-bond acceptors (Lipinski definition) is 3. The second-order valence-corrected chi connectivity index (χ2v) is 9.77. The van der Waals surface area contributed by atoms with Crippen LogP contribution in [0.25, 0.3) is 0 Å². The first-order valence-electron chi connectivity index (χ1n) is 8.67. The quantitative estimate of drug-likeness (QED) is 0.335. The summed E-state index contributed by atoms with van der Waals surface area (Å²) in [5, 5.41) is 5.51. The summed E-state index contributed by atoms with van der Waals surface area (Å²) in [5.74, 6) is -0.565. The van der Waals surface area contributed by atoms with Gasteiger partial charge in [-0.25, -0.2) is 17.6 Å². The molecule has 0 aliphatic carbocycles. The van der Waals surface area contributed by atoms with E-state index in [0.717, 1.165) is 12.1 Å². The largest absolute Gasteiger partial charge is 0.323 e. The van der Waals surface area contributed by atoms with Gasteiger partial charge in [-0.2, -0.15) is 0 Å². The fourth-order valence-electron chi connectivity index (χ4n) is 2.63. The van der Waals surface area contributed by atoms with E-state index < -0.39 is 21.9 Å². The second-order valence-electron chi connectivity index (χ2n) is 6.42. The van der Waals surface area contributed by atoms with Crippen LogP contribution in [0, 0.1) is 12.7 Å². The van der Waals surface area contributed by atoms with Crippen LogP contribution in [0.3, 0.4) is 0 Å². The van der Waals surface area contributed by atoms with Crippen LogP contribution in [0.4, 0.5) is 26.2 Å². The first kappa shape index (κ1) is 23.3. The molecule has 0 saturated carbocycles.